The maximum Gasteiger partial charge on any atom is 0.225 e. The number of hydrogen-bond acceptors (Lipinski definition) is 3. The van der Waals surface area contributed by atoms with Gasteiger partial charge in [-0.1, -0.05) is 20.8 Å². The summed E-state index contributed by atoms with van der Waals surface area (Å²) in [6.45, 7) is 6.97. The number of rotatable bonds is 7. The smallest absolute Gasteiger partial charge is 0.225 e. The Morgan fingerprint density at radius 2 is 2.22 bits per heavy atom. The van der Waals surface area contributed by atoms with Crippen molar-refractivity contribution in [1.82, 2.24) is 10.2 Å². The summed E-state index contributed by atoms with van der Waals surface area (Å²) in [6.07, 6.45) is 4.88. The minimum absolute atomic E-state index is 0.0269. The van der Waals surface area contributed by atoms with Gasteiger partial charge in [0.1, 0.15) is 5.82 Å². The SMILES string of the molecule is CCc1cn[nH]c1NC(=O)CCC(C)(C)CCN. The maximum absolute atomic E-state index is 11.8. The van der Waals surface area contributed by atoms with Crippen LogP contribution in [0.5, 0.6) is 0 Å². The summed E-state index contributed by atoms with van der Waals surface area (Å²) in [5, 5.41) is 9.60. The Morgan fingerprint density at radius 3 is 2.83 bits per heavy atom. The van der Waals surface area contributed by atoms with Gasteiger partial charge in [-0.25, -0.2) is 0 Å². The fraction of sp³-hybridized carbons (Fsp3) is 0.692. The molecule has 1 heterocycles. The molecule has 0 atom stereocenters. The summed E-state index contributed by atoms with van der Waals surface area (Å²) >= 11 is 0. The first-order valence-corrected chi connectivity index (χ1v) is 6.50. The highest BCUT2D eigenvalue weighted by Gasteiger charge is 2.18. The molecule has 4 N–H and O–H groups in total. The Balaban J connectivity index is 2.43. The van der Waals surface area contributed by atoms with E-state index >= 15 is 0 Å². The summed E-state index contributed by atoms with van der Waals surface area (Å²) in [5.74, 6) is 0.748. The van der Waals surface area contributed by atoms with Gasteiger partial charge in [0.05, 0.1) is 6.20 Å². The first-order valence-electron chi connectivity index (χ1n) is 6.50. The number of aryl methyl sites for hydroxylation is 1. The highest BCUT2D eigenvalue weighted by molar-refractivity contribution is 5.90. The van der Waals surface area contributed by atoms with Crippen LogP contribution in [0.4, 0.5) is 5.82 Å². The number of aromatic nitrogens is 2. The number of carbonyl (C=O) groups excluding carboxylic acids is 1. The van der Waals surface area contributed by atoms with Crippen LogP contribution in [-0.2, 0) is 11.2 Å². The van der Waals surface area contributed by atoms with E-state index in [1.54, 1.807) is 6.20 Å². The zero-order valence-electron chi connectivity index (χ0n) is 11.5. The van der Waals surface area contributed by atoms with Crippen molar-refractivity contribution in [2.75, 3.05) is 11.9 Å². The van der Waals surface area contributed by atoms with Gasteiger partial charge in [0.25, 0.3) is 0 Å². The number of aromatic amines is 1. The second-order valence-corrected chi connectivity index (χ2v) is 5.37. The molecule has 0 aliphatic heterocycles. The van der Waals surface area contributed by atoms with Crippen molar-refractivity contribution >= 4 is 11.7 Å². The van der Waals surface area contributed by atoms with E-state index in [0.29, 0.717) is 13.0 Å². The van der Waals surface area contributed by atoms with Gasteiger partial charge in [-0.2, -0.15) is 5.10 Å². The topological polar surface area (TPSA) is 83.8 Å². The molecule has 0 fully saturated rings. The van der Waals surface area contributed by atoms with Crippen LogP contribution in [-0.4, -0.2) is 22.6 Å². The Kier molecular flexibility index (Phi) is 5.34. The predicted molar refractivity (Wildman–Crippen MR) is 73.3 cm³/mol. The van der Waals surface area contributed by atoms with Crippen LogP contribution in [0.25, 0.3) is 0 Å². The third-order valence-electron chi connectivity index (χ3n) is 3.21. The number of hydrogen-bond donors (Lipinski definition) is 3. The monoisotopic (exact) mass is 252 g/mol. The molecule has 0 spiro atoms. The van der Waals surface area contributed by atoms with Crippen LogP contribution in [0.2, 0.25) is 0 Å². The molecule has 0 saturated heterocycles. The fourth-order valence-electron chi connectivity index (χ4n) is 1.86. The van der Waals surface area contributed by atoms with Crippen molar-refractivity contribution < 1.29 is 4.79 Å². The van der Waals surface area contributed by atoms with Gasteiger partial charge >= 0.3 is 0 Å². The average molecular weight is 252 g/mol. The van der Waals surface area contributed by atoms with Gasteiger partial charge in [0, 0.05) is 12.0 Å². The number of nitrogens with two attached hydrogens (primary N) is 1. The van der Waals surface area contributed by atoms with Crippen molar-refractivity contribution in [2.24, 2.45) is 11.1 Å². The number of anilines is 1. The lowest BCUT2D eigenvalue weighted by Gasteiger charge is -2.23. The van der Waals surface area contributed by atoms with Crippen molar-refractivity contribution in [3.05, 3.63) is 11.8 Å². The maximum atomic E-state index is 11.8. The molecule has 0 aliphatic rings. The molecule has 0 radical (unpaired) electrons. The summed E-state index contributed by atoms with van der Waals surface area (Å²) in [6, 6.07) is 0. The van der Waals surface area contributed by atoms with E-state index in [1.807, 2.05) is 6.92 Å². The van der Waals surface area contributed by atoms with Gasteiger partial charge in [0.15, 0.2) is 0 Å². The van der Waals surface area contributed by atoms with Crippen LogP contribution in [0.3, 0.4) is 0 Å². The summed E-state index contributed by atoms with van der Waals surface area (Å²) in [4.78, 5) is 11.8. The highest BCUT2D eigenvalue weighted by Crippen LogP contribution is 2.26. The lowest BCUT2D eigenvalue weighted by Crippen LogP contribution is -2.21. The number of nitrogens with one attached hydrogen (secondary N) is 2. The Labute approximate surface area is 109 Å². The number of carbonyl (C=O) groups is 1. The summed E-state index contributed by atoms with van der Waals surface area (Å²) in [5.41, 5.74) is 6.71. The molecule has 0 saturated carbocycles. The molecule has 0 aromatic carbocycles. The van der Waals surface area contributed by atoms with Crippen molar-refractivity contribution in [3.8, 4) is 0 Å². The van der Waals surface area contributed by atoms with Gasteiger partial charge in [-0.15, -0.1) is 0 Å². The fourth-order valence-corrected chi connectivity index (χ4v) is 1.86. The Bertz CT molecular complexity index is 384. The van der Waals surface area contributed by atoms with Crippen LogP contribution < -0.4 is 11.1 Å². The van der Waals surface area contributed by atoms with E-state index in [4.69, 9.17) is 5.73 Å². The molecule has 1 rings (SSSR count). The third kappa shape index (κ3) is 4.49. The molecule has 5 nitrogen and oxygen atoms in total. The molecule has 0 unspecified atom stereocenters. The minimum Gasteiger partial charge on any atom is -0.330 e. The summed E-state index contributed by atoms with van der Waals surface area (Å²) < 4.78 is 0. The van der Waals surface area contributed by atoms with Gasteiger partial charge < -0.3 is 11.1 Å². The van der Waals surface area contributed by atoms with E-state index in [2.05, 4.69) is 29.4 Å². The van der Waals surface area contributed by atoms with E-state index in [9.17, 15) is 4.79 Å². The van der Waals surface area contributed by atoms with Crippen LogP contribution in [0.1, 0.15) is 45.6 Å². The second-order valence-electron chi connectivity index (χ2n) is 5.37. The predicted octanol–water partition coefficient (Wildman–Crippen LogP) is 2.07. The first kappa shape index (κ1) is 14.7. The van der Waals surface area contributed by atoms with E-state index in [0.717, 1.165) is 30.6 Å². The zero-order chi connectivity index (χ0) is 13.6. The normalized spacial score (nSPS) is 11.6. The highest BCUT2D eigenvalue weighted by atomic mass is 16.1. The van der Waals surface area contributed by atoms with E-state index < -0.39 is 0 Å². The second kappa shape index (κ2) is 6.54. The molecular weight excluding hydrogens is 228 g/mol. The first-order chi connectivity index (χ1) is 8.48. The minimum atomic E-state index is 0.0269. The Morgan fingerprint density at radius 1 is 1.50 bits per heavy atom. The molecule has 1 amide bonds. The molecular formula is C13H24N4O. The molecule has 0 aliphatic carbocycles. The molecule has 1 aromatic heterocycles. The quantitative estimate of drug-likeness (QED) is 0.694. The molecule has 5 heteroatoms. The molecule has 102 valence electrons. The van der Waals surface area contributed by atoms with Gasteiger partial charge in [-0.3, -0.25) is 9.89 Å². The number of H-pyrrole nitrogens is 1. The largest absolute Gasteiger partial charge is 0.330 e. The molecule has 18 heavy (non-hydrogen) atoms. The van der Waals surface area contributed by atoms with Crippen molar-refractivity contribution in [1.29, 1.82) is 0 Å². The lowest BCUT2D eigenvalue weighted by atomic mass is 9.84. The van der Waals surface area contributed by atoms with Gasteiger partial charge in [-0.05, 0) is 31.2 Å². The number of nitrogens with zero attached hydrogens (tertiary/aromatic N) is 1. The molecule has 0 bridgehead atoms. The number of amides is 1. The zero-order valence-corrected chi connectivity index (χ0v) is 11.5. The van der Waals surface area contributed by atoms with Crippen LogP contribution >= 0.6 is 0 Å². The van der Waals surface area contributed by atoms with Gasteiger partial charge in [0.2, 0.25) is 5.91 Å². The average Bonchev–Trinajstić information content (AvgIpc) is 2.74. The lowest BCUT2D eigenvalue weighted by molar-refractivity contribution is -0.116. The van der Waals surface area contributed by atoms with E-state index in [-0.39, 0.29) is 11.3 Å². The van der Waals surface area contributed by atoms with Crippen molar-refractivity contribution in [2.45, 2.75) is 46.5 Å². The third-order valence-corrected chi connectivity index (χ3v) is 3.21. The Hall–Kier alpha value is -1.36. The van der Waals surface area contributed by atoms with Crippen LogP contribution in [0, 0.1) is 5.41 Å². The van der Waals surface area contributed by atoms with Crippen molar-refractivity contribution in [3.63, 3.8) is 0 Å². The van der Waals surface area contributed by atoms with E-state index in [1.165, 1.54) is 0 Å². The van der Waals surface area contributed by atoms with Crippen LogP contribution in [0.15, 0.2) is 6.20 Å². The molecule has 1 aromatic rings. The summed E-state index contributed by atoms with van der Waals surface area (Å²) in [7, 11) is 0. The standard InChI is InChI=1S/C13H24N4O/c1-4-10-9-15-17-12(10)16-11(18)5-6-13(2,3)7-8-14/h9H,4-8,14H2,1-3H3,(H2,15,16,17,18).